The van der Waals surface area contributed by atoms with E-state index in [9.17, 15) is 4.79 Å². The van der Waals surface area contributed by atoms with Crippen molar-refractivity contribution in [2.45, 2.75) is 25.2 Å². The molecule has 0 N–H and O–H groups in total. The summed E-state index contributed by atoms with van der Waals surface area (Å²) < 4.78 is 5.34. The lowest BCUT2D eigenvalue weighted by molar-refractivity contribution is 0.0984. The molecule has 0 aliphatic rings. The molecule has 0 heterocycles. The SMILES string of the molecule is CCOc1cccc(C(=O)CC)c1S. The molecular weight excluding hydrogens is 196 g/mol. The minimum absolute atomic E-state index is 0.0940. The first-order valence-electron chi connectivity index (χ1n) is 4.68. The molecule has 3 heteroatoms. The lowest BCUT2D eigenvalue weighted by Gasteiger charge is -2.09. The fourth-order valence-electron chi connectivity index (χ4n) is 1.21. The molecule has 0 bridgehead atoms. The third-order valence-electron chi connectivity index (χ3n) is 1.92. The summed E-state index contributed by atoms with van der Waals surface area (Å²) in [5, 5.41) is 0. The molecule has 0 amide bonds. The second kappa shape index (κ2) is 5.05. The summed E-state index contributed by atoms with van der Waals surface area (Å²) in [7, 11) is 0. The highest BCUT2D eigenvalue weighted by molar-refractivity contribution is 7.80. The first-order chi connectivity index (χ1) is 6.70. The van der Waals surface area contributed by atoms with Crippen molar-refractivity contribution >= 4 is 18.4 Å². The number of benzene rings is 1. The second-order valence-corrected chi connectivity index (χ2v) is 3.31. The van der Waals surface area contributed by atoms with E-state index in [0.717, 1.165) is 0 Å². The zero-order chi connectivity index (χ0) is 10.6. The summed E-state index contributed by atoms with van der Waals surface area (Å²) >= 11 is 4.29. The van der Waals surface area contributed by atoms with E-state index in [-0.39, 0.29) is 5.78 Å². The van der Waals surface area contributed by atoms with Gasteiger partial charge in [0.25, 0.3) is 0 Å². The Hall–Kier alpha value is -0.960. The van der Waals surface area contributed by atoms with Crippen LogP contribution >= 0.6 is 12.6 Å². The highest BCUT2D eigenvalue weighted by atomic mass is 32.1. The van der Waals surface area contributed by atoms with Crippen LogP contribution in [0.5, 0.6) is 5.75 Å². The highest BCUT2D eigenvalue weighted by Crippen LogP contribution is 2.27. The summed E-state index contributed by atoms with van der Waals surface area (Å²) in [5.41, 5.74) is 0.641. The van der Waals surface area contributed by atoms with E-state index in [4.69, 9.17) is 4.74 Å². The Bertz CT molecular complexity index is 334. The molecule has 14 heavy (non-hydrogen) atoms. The normalized spacial score (nSPS) is 9.93. The van der Waals surface area contributed by atoms with Gasteiger partial charge < -0.3 is 4.74 Å². The first-order valence-corrected chi connectivity index (χ1v) is 5.13. The summed E-state index contributed by atoms with van der Waals surface area (Å²) in [4.78, 5) is 12.1. The van der Waals surface area contributed by atoms with Crippen molar-refractivity contribution in [3.63, 3.8) is 0 Å². The molecule has 0 saturated carbocycles. The standard InChI is InChI=1S/C11H14O2S/c1-3-9(12)8-6-5-7-10(11(8)14)13-4-2/h5-7,14H,3-4H2,1-2H3. The maximum atomic E-state index is 11.5. The summed E-state index contributed by atoms with van der Waals surface area (Å²) in [5.74, 6) is 0.770. The van der Waals surface area contributed by atoms with Crippen molar-refractivity contribution in [3.8, 4) is 5.75 Å². The van der Waals surface area contributed by atoms with Crippen molar-refractivity contribution in [3.05, 3.63) is 23.8 Å². The van der Waals surface area contributed by atoms with Crippen LogP contribution in [0.2, 0.25) is 0 Å². The van der Waals surface area contributed by atoms with Gasteiger partial charge in [-0.25, -0.2) is 0 Å². The van der Waals surface area contributed by atoms with E-state index in [1.165, 1.54) is 0 Å². The van der Waals surface area contributed by atoms with Gasteiger partial charge in [-0.15, -0.1) is 12.6 Å². The number of thiol groups is 1. The van der Waals surface area contributed by atoms with Gasteiger partial charge in [0.15, 0.2) is 5.78 Å². The Kier molecular flexibility index (Phi) is 4.01. The van der Waals surface area contributed by atoms with Crippen LogP contribution in [0.1, 0.15) is 30.6 Å². The maximum Gasteiger partial charge on any atom is 0.163 e. The highest BCUT2D eigenvalue weighted by Gasteiger charge is 2.10. The largest absolute Gasteiger partial charge is 0.493 e. The second-order valence-electron chi connectivity index (χ2n) is 2.86. The van der Waals surface area contributed by atoms with Gasteiger partial charge >= 0.3 is 0 Å². The summed E-state index contributed by atoms with van der Waals surface area (Å²) in [6.45, 7) is 4.32. The van der Waals surface area contributed by atoms with Gasteiger partial charge in [0, 0.05) is 12.0 Å². The zero-order valence-electron chi connectivity index (χ0n) is 8.41. The number of ketones is 1. The summed E-state index contributed by atoms with van der Waals surface area (Å²) in [6, 6.07) is 5.41. The van der Waals surface area contributed by atoms with E-state index >= 15 is 0 Å². The molecule has 1 aromatic rings. The van der Waals surface area contributed by atoms with Crippen LogP contribution in [-0.4, -0.2) is 12.4 Å². The van der Waals surface area contributed by atoms with Crippen molar-refractivity contribution in [1.82, 2.24) is 0 Å². The lowest BCUT2D eigenvalue weighted by atomic mass is 10.1. The molecule has 0 atom stereocenters. The van der Waals surface area contributed by atoms with Crippen molar-refractivity contribution < 1.29 is 9.53 Å². The molecule has 0 aromatic heterocycles. The van der Waals surface area contributed by atoms with Gasteiger partial charge in [0.05, 0.1) is 11.5 Å². The number of hydrogen-bond donors (Lipinski definition) is 1. The number of carbonyl (C=O) groups excluding carboxylic acids is 1. The summed E-state index contributed by atoms with van der Waals surface area (Å²) in [6.07, 6.45) is 0.489. The number of rotatable bonds is 4. The predicted octanol–water partition coefficient (Wildman–Crippen LogP) is 2.97. The van der Waals surface area contributed by atoms with Gasteiger partial charge in [-0.3, -0.25) is 4.79 Å². The minimum Gasteiger partial charge on any atom is -0.493 e. The Labute approximate surface area is 89.7 Å². The van der Waals surface area contributed by atoms with Crippen molar-refractivity contribution in [2.75, 3.05) is 6.61 Å². The number of Topliss-reactive ketones (excluding diaryl/α,β-unsaturated/α-hetero) is 1. The van der Waals surface area contributed by atoms with Crippen LogP contribution in [0.15, 0.2) is 23.1 Å². The third kappa shape index (κ3) is 2.29. The number of ether oxygens (including phenoxy) is 1. The molecular formula is C11H14O2S. The smallest absolute Gasteiger partial charge is 0.163 e. The molecule has 2 nitrogen and oxygen atoms in total. The molecule has 0 unspecified atom stereocenters. The fourth-order valence-corrected chi connectivity index (χ4v) is 1.55. The van der Waals surface area contributed by atoms with Gasteiger partial charge in [-0.2, -0.15) is 0 Å². The fraction of sp³-hybridized carbons (Fsp3) is 0.364. The third-order valence-corrected chi connectivity index (χ3v) is 2.38. The number of hydrogen-bond acceptors (Lipinski definition) is 3. The van der Waals surface area contributed by atoms with Gasteiger partial charge in [-0.1, -0.05) is 19.1 Å². The van der Waals surface area contributed by atoms with Gasteiger partial charge in [0.2, 0.25) is 0 Å². The van der Waals surface area contributed by atoms with Crippen LogP contribution in [0, 0.1) is 0 Å². The Morgan fingerprint density at radius 3 is 2.71 bits per heavy atom. The van der Waals surface area contributed by atoms with Crippen molar-refractivity contribution in [2.24, 2.45) is 0 Å². The quantitative estimate of drug-likeness (QED) is 0.611. The molecule has 0 fully saturated rings. The van der Waals surface area contributed by atoms with Crippen LogP contribution < -0.4 is 4.74 Å². The number of carbonyl (C=O) groups is 1. The average Bonchev–Trinajstić information content (AvgIpc) is 2.20. The van der Waals surface area contributed by atoms with E-state index in [0.29, 0.717) is 29.2 Å². The molecule has 0 spiro atoms. The topological polar surface area (TPSA) is 26.3 Å². The molecule has 0 saturated heterocycles. The molecule has 0 radical (unpaired) electrons. The molecule has 0 aliphatic heterocycles. The van der Waals surface area contributed by atoms with Gasteiger partial charge in [0.1, 0.15) is 5.75 Å². The zero-order valence-corrected chi connectivity index (χ0v) is 9.30. The monoisotopic (exact) mass is 210 g/mol. The van der Waals surface area contributed by atoms with E-state index in [2.05, 4.69) is 12.6 Å². The lowest BCUT2D eigenvalue weighted by Crippen LogP contribution is -2.01. The van der Waals surface area contributed by atoms with E-state index in [1.807, 2.05) is 26.0 Å². The van der Waals surface area contributed by atoms with Crippen LogP contribution in [0.4, 0.5) is 0 Å². The average molecular weight is 210 g/mol. The Balaban J connectivity index is 3.07. The Morgan fingerprint density at radius 1 is 1.43 bits per heavy atom. The first kappa shape index (κ1) is 11.1. The predicted molar refractivity (Wildman–Crippen MR) is 59.5 cm³/mol. The maximum absolute atomic E-state index is 11.5. The van der Waals surface area contributed by atoms with E-state index < -0.39 is 0 Å². The van der Waals surface area contributed by atoms with E-state index in [1.54, 1.807) is 6.07 Å². The molecule has 1 rings (SSSR count). The minimum atomic E-state index is 0.0940. The Morgan fingerprint density at radius 2 is 2.14 bits per heavy atom. The molecule has 1 aromatic carbocycles. The molecule has 0 aliphatic carbocycles. The van der Waals surface area contributed by atoms with Gasteiger partial charge in [-0.05, 0) is 13.0 Å². The van der Waals surface area contributed by atoms with Crippen LogP contribution in [0.25, 0.3) is 0 Å². The van der Waals surface area contributed by atoms with Crippen LogP contribution in [0.3, 0.4) is 0 Å². The molecule has 76 valence electrons. The van der Waals surface area contributed by atoms with Crippen LogP contribution in [-0.2, 0) is 0 Å². The van der Waals surface area contributed by atoms with Crippen molar-refractivity contribution in [1.29, 1.82) is 0 Å².